The van der Waals surface area contributed by atoms with Gasteiger partial charge in [-0.15, -0.1) is 0 Å². The number of hydrogen-bond donors (Lipinski definition) is 0. The average Bonchev–Trinajstić information content (AvgIpc) is 2.74. The smallest absolute Gasteiger partial charge is 0.147 e. The fourth-order valence-electron chi connectivity index (χ4n) is 1.79. The molecule has 0 radical (unpaired) electrons. The van der Waals surface area contributed by atoms with Crippen LogP contribution in [0.15, 0.2) is 54.9 Å². The quantitative estimate of drug-likeness (QED) is 0.605. The highest BCUT2D eigenvalue weighted by molar-refractivity contribution is 5.62. The van der Waals surface area contributed by atoms with Crippen LogP contribution in [-0.4, -0.2) is 9.38 Å². The number of rotatable bonds is 1. The Labute approximate surface area is 92.0 Å². The van der Waals surface area contributed by atoms with Crippen LogP contribution in [0.3, 0.4) is 0 Å². The van der Waals surface area contributed by atoms with E-state index in [1.54, 1.807) is 18.3 Å². The molecular formula is C13H9FN2. The van der Waals surface area contributed by atoms with Crippen molar-refractivity contribution in [1.82, 2.24) is 9.38 Å². The lowest BCUT2D eigenvalue weighted by Gasteiger charge is -2.01. The number of halogens is 1. The van der Waals surface area contributed by atoms with Gasteiger partial charge >= 0.3 is 0 Å². The predicted molar refractivity (Wildman–Crippen MR) is 60.6 cm³/mol. The Kier molecular flexibility index (Phi) is 1.96. The van der Waals surface area contributed by atoms with Gasteiger partial charge in [0.2, 0.25) is 0 Å². The summed E-state index contributed by atoms with van der Waals surface area (Å²) in [5, 5.41) is 0. The first-order chi connectivity index (χ1) is 7.86. The number of fused-ring (bicyclic) bond motifs is 1. The Morgan fingerprint density at radius 3 is 2.69 bits per heavy atom. The molecule has 0 aliphatic heterocycles. The minimum Gasteiger partial charge on any atom is -0.300 e. The maximum Gasteiger partial charge on any atom is 0.147 e. The van der Waals surface area contributed by atoms with Crippen molar-refractivity contribution in [3.63, 3.8) is 0 Å². The van der Waals surface area contributed by atoms with E-state index in [-0.39, 0.29) is 5.82 Å². The van der Waals surface area contributed by atoms with Crippen molar-refractivity contribution in [1.29, 1.82) is 0 Å². The lowest BCUT2D eigenvalue weighted by atomic mass is 10.2. The number of benzene rings is 1. The van der Waals surface area contributed by atoms with Crippen molar-refractivity contribution in [2.75, 3.05) is 0 Å². The molecule has 2 aromatic heterocycles. The highest BCUT2D eigenvalue weighted by Crippen LogP contribution is 2.22. The maximum absolute atomic E-state index is 13.6. The zero-order valence-corrected chi connectivity index (χ0v) is 8.47. The van der Waals surface area contributed by atoms with Gasteiger partial charge in [-0.25, -0.2) is 9.37 Å². The van der Waals surface area contributed by atoms with Crippen LogP contribution in [-0.2, 0) is 0 Å². The van der Waals surface area contributed by atoms with Crippen LogP contribution in [0.5, 0.6) is 0 Å². The summed E-state index contributed by atoms with van der Waals surface area (Å²) in [6.45, 7) is 0. The molecule has 2 heterocycles. The van der Waals surface area contributed by atoms with Crippen LogP contribution in [0.4, 0.5) is 4.39 Å². The first-order valence-corrected chi connectivity index (χ1v) is 5.03. The third-order valence-electron chi connectivity index (χ3n) is 2.55. The number of hydrogen-bond acceptors (Lipinski definition) is 1. The van der Waals surface area contributed by atoms with Crippen LogP contribution in [0, 0.1) is 5.82 Å². The minimum absolute atomic E-state index is 0.251. The van der Waals surface area contributed by atoms with Gasteiger partial charge in [0.05, 0.1) is 17.3 Å². The van der Waals surface area contributed by atoms with Gasteiger partial charge in [0.25, 0.3) is 0 Å². The Balaban J connectivity index is 2.31. The van der Waals surface area contributed by atoms with E-state index < -0.39 is 0 Å². The Bertz CT molecular complexity index is 643. The monoisotopic (exact) mass is 212 g/mol. The van der Waals surface area contributed by atoms with E-state index in [0.717, 1.165) is 5.52 Å². The van der Waals surface area contributed by atoms with E-state index in [1.807, 2.05) is 34.9 Å². The molecule has 0 saturated heterocycles. The van der Waals surface area contributed by atoms with Crippen molar-refractivity contribution in [3.8, 4) is 11.4 Å². The van der Waals surface area contributed by atoms with Gasteiger partial charge in [0.15, 0.2) is 0 Å². The summed E-state index contributed by atoms with van der Waals surface area (Å²) in [7, 11) is 0. The second kappa shape index (κ2) is 3.45. The zero-order chi connectivity index (χ0) is 11.0. The number of aromatic nitrogens is 2. The summed E-state index contributed by atoms with van der Waals surface area (Å²) in [5.74, 6) is 0.382. The highest BCUT2D eigenvalue weighted by Gasteiger charge is 2.09. The van der Waals surface area contributed by atoms with Crippen molar-refractivity contribution >= 4 is 5.52 Å². The van der Waals surface area contributed by atoms with Crippen LogP contribution in [0.2, 0.25) is 0 Å². The number of imidazole rings is 1. The largest absolute Gasteiger partial charge is 0.300 e. The number of pyridine rings is 1. The third kappa shape index (κ3) is 1.29. The molecule has 0 atom stereocenters. The van der Waals surface area contributed by atoms with Crippen molar-refractivity contribution < 1.29 is 4.39 Å². The summed E-state index contributed by atoms with van der Waals surface area (Å²) < 4.78 is 15.5. The molecule has 0 saturated carbocycles. The molecule has 0 amide bonds. The second-order valence-electron chi connectivity index (χ2n) is 3.56. The third-order valence-corrected chi connectivity index (χ3v) is 2.55. The minimum atomic E-state index is -0.251. The van der Waals surface area contributed by atoms with Crippen LogP contribution in [0.25, 0.3) is 16.9 Å². The first-order valence-electron chi connectivity index (χ1n) is 5.03. The molecule has 0 fully saturated rings. The fourth-order valence-corrected chi connectivity index (χ4v) is 1.79. The van der Waals surface area contributed by atoms with Gasteiger partial charge in [0, 0.05) is 6.20 Å². The van der Waals surface area contributed by atoms with E-state index in [1.165, 1.54) is 6.07 Å². The van der Waals surface area contributed by atoms with Gasteiger partial charge in [0.1, 0.15) is 11.6 Å². The van der Waals surface area contributed by atoms with E-state index in [9.17, 15) is 4.39 Å². The van der Waals surface area contributed by atoms with E-state index in [4.69, 9.17) is 0 Å². The van der Waals surface area contributed by atoms with Crippen LogP contribution < -0.4 is 0 Å². The highest BCUT2D eigenvalue weighted by atomic mass is 19.1. The molecule has 0 aliphatic carbocycles. The van der Waals surface area contributed by atoms with Crippen LogP contribution >= 0.6 is 0 Å². The molecule has 0 spiro atoms. The zero-order valence-electron chi connectivity index (χ0n) is 8.47. The van der Waals surface area contributed by atoms with Gasteiger partial charge < -0.3 is 0 Å². The van der Waals surface area contributed by atoms with Gasteiger partial charge in [-0.2, -0.15) is 0 Å². The molecule has 0 N–H and O–H groups in total. The fraction of sp³-hybridized carbons (Fsp3) is 0. The normalized spacial score (nSPS) is 10.8. The molecule has 3 aromatic rings. The van der Waals surface area contributed by atoms with Crippen LogP contribution in [0.1, 0.15) is 0 Å². The maximum atomic E-state index is 13.6. The molecule has 16 heavy (non-hydrogen) atoms. The molecule has 0 unspecified atom stereocenters. The molecule has 0 aliphatic rings. The molecule has 3 heteroatoms. The standard InChI is InChI=1S/C13H9FN2/c14-12-7-2-1-6-11(12)13-15-9-10-5-3-4-8-16(10)13/h1-9H. The lowest BCUT2D eigenvalue weighted by molar-refractivity contribution is 0.630. The lowest BCUT2D eigenvalue weighted by Crippen LogP contribution is -1.91. The molecule has 0 bridgehead atoms. The first kappa shape index (κ1) is 9.09. The summed E-state index contributed by atoms with van der Waals surface area (Å²) in [6, 6.07) is 12.4. The van der Waals surface area contributed by atoms with E-state index >= 15 is 0 Å². The topological polar surface area (TPSA) is 17.3 Å². The average molecular weight is 212 g/mol. The van der Waals surface area contributed by atoms with Gasteiger partial charge in [-0.3, -0.25) is 4.40 Å². The van der Waals surface area contributed by atoms with E-state index in [0.29, 0.717) is 11.4 Å². The molecule has 1 aromatic carbocycles. The van der Waals surface area contributed by atoms with Crippen molar-refractivity contribution in [2.24, 2.45) is 0 Å². The summed E-state index contributed by atoms with van der Waals surface area (Å²) >= 11 is 0. The Morgan fingerprint density at radius 1 is 1.00 bits per heavy atom. The van der Waals surface area contributed by atoms with Crippen molar-refractivity contribution in [2.45, 2.75) is 0 Å². The Hall–Kier alpha value is -2.16. The summed E-state index contributed by atoms with van der Waals surface area (Å²) in [4.78, 5) is 4.25. The second-order valence-corrected chi connectivity index (χ2v) is 3.56. The Morgan fingerprint density at radius 2 is 1.81 bits per heavy atom. The van der Waals surface area contributed by atoms with Gasteiger partial charge in [-0.1, -0.05) is 18.2 Å². The molecule has 3 rings (SSSR count). The predicted octanol–water partition coefficient (Wildman–Crippen LogP) is 3.14. The SMILES string of the molecule is Fc1ccccc1-c1ncc2ccccn12. The molecular weight excluding hydrogens is 203 g/mol. The van der Waals surface area contributed by atoms with E-state index in [2.05, 4.69) is 4.98 Å². The molecule has 2 nitrogen and oxygen atoms in total. The summed E-state index contributed by atoms with van der Waals surface area (Å²) in [5.41, 5.74) is 1.48. The number of nitrogens with zero attached hydrogens (tertiary/aromatic N) is 2. The summed E-state index contributed by atoms with van der Waals surface area (Å²) in [6.07, 6.45) is 3.62. The van der Waals surface area contributed by atoms with Crippen molar-refractivity contribution in [3.05, 3.63) is 60.7 Å². The van der Waals surface area contributed by atoms with Gasteiger partial charge in [-0.05, 0) is 24.3 Å². The molecule has 78 valence electrons.